The molecule has 0 bridgehead atoms. The fourth-order valence-corrected chi connectivity index (χ4v) is 2.21. The van der Waals surface area contributed by atoms with Crippen LogP contribution in [0.4, 0.5) is 8.78 Å². The van der Waals surface area contributed by atoms with Crippen LogP contribution in [-0.4, -0.2) is 21.4 Å². The van der Waals surface area contributed by atoms with Crippen LogP contribution in [0.25, 0.3) is 0 Å². The number of aromatic nitrogens is 2. The van der Waals surface area contributed by atoms with E-state index in [4.69, 9.17) is 5.11 Å². The van der Waals surface area contributed by atoms with Gasteiger partial charge in [-0.15, -0.1) is 0 Å². The number of hydrogen-bond acceptors (Lipinski definition) is 3. The summed E-state index contributed by atoms with van der Waals surface area (Å²) in [6.45, 7) is 5.82. The predicted molar refractivity (Wildman–Crippen MR) is 76.0 cm³/mol. The van der Waals surface area contributed by atoms with Gasteiger partial charge < -0.3 is 10.4 Å². The molecule has 0 fully saturated rings. The first-order valence-electron chi connectivity index (χ1n) is 6.86. The van der Waals surface area contributed by atoms with Gasteiger partial charge in [-0.05, 0) is 50.6 Å². The molecular weight excluding hydrogens is 276 g/mol. The first-order chi connectivity index (χ1) is 9.97. The highest BCUT2D eigenvalue weighted by Crippen LogP contribution is 2.21. The van der Waals surface area contributed by atoms with Crippen molar-refractivity contribution < 1.29 is 13.9 Å². The van der Waals surface area contributed by atoms with Crippen LogP contribution in [0.2, 0.25) is 0 Å². The fraction of sp³-hybridized carbons (Fsp3) is 0.400. The minimum atomic E-state index is -0.936. The van der Waals surface area contributed by atoms with Crippen LogP contribution in [0.3, 0.4) is 0 Å². The second-order valence-electron chi connectivity index (χ2n) is 5.09. The number of hydrogen-bond donors (Lipinski definition) is 2. The van der Waals surface area contributed by atoms with Gasteiger partial charge >= 0.3 is 0 Å². The van der Waals surface area contributed by atoms with E-state index in [9.17, 15) is 8.78 Å². The van der Waals surface area contributed by atoms with Crippen LogP contribution in [-0.2, 0) is 13.1 Å². The Morgan fingerprint density at radius 3 is 2.43 bits per heavy atom. The van der Waals surface area contributed by atoms with E-state index in [0.29, 0.717) is 18.7 Å². The van der Waals surface area contributed by atoms with E-state index in [1.54, 1.807) is 0 Å². The van der Waals surface area contributed by atoms with Gasteiger partial charge in [0.15, 0.2) is 17.4 Å². The van der Waals surface area contributed by atoms with Gasteiger partial charge in [0, 0.05) is 18.8 Å². The van der Waals surface area contributed by atoms with E-state index in [0.717, 1.165) is 36.5 Å². The number of phenols is 1. The normalized spacial score (nSPS) is 11.0. The molecule has 0 spiro atoms. The first kappa shape index (κ1) is 15.4. The van der Waals surface area contributed by atoms with Gasteiger partial charge in [-0.2, -0.15) is 5.10 Å². The molecule has 0 radical (unpaired) electrons. The molecule has 0 aliphatic carbocycles. The molecular formula is C15H19F2N3O. The summed E-state index contributed by atoms with van der Waals surface area (Å²) in [6.07, 6.45) is 0.866. The lowest BCUT2D eigenvalue weighted by Crippen LogP contribution is -2.17. The highest BCUT2D eigenvalue weighted by atomic mass is 19.1. The molecule has 4 nitrogen and oxygen atoms in total. The number of aromatic hydroxyl groups is 1. The summed E-state index contributed by atoms with van der Waals surface area (Å²) in [7, 11) is 0. The second kappa shape index (κ2) is 6.67. The molecule has 21 heavy (non-hydrogen) atoms. The van der Waals surface area contributed by atoms with Crippen LogP contribution in [0.5, 0.6) is 5.75 Å². The molecule has 2 rings (SSSR count). The third-order valence-corrected chi connectivity index (χ3v) is 3.23. The summed E-state index contributed by atoms with van der Waals surface area (Å²) in [6, 6.07) is 4.29. The number of nitrogens with zero attached hydrogens (tertiary/aromatic N) is 2. The molecule has 2 N–H and O–H groups in total. The van der Waals surface area contributed by atoms with Crippen molar-refractivity contribution >= 4 is 0 Å². The van der Waals surface area contributed by atoms with Crippen molar-refractivity contribution in [3.8, 4) is 5.75 Å². The maximum Gasteiger partial charge on any atom is 0.187 e. The number of aryl methyl sites for hydroxylation is 3. The van der Waals surface area contributed by atoms with Crippen molar-refractivity contribution in [2.45, 2.75) is 33.4 Å². The second-order valence-corrected chi connectivity index (χ2v) is 5.09. The maximum atomic E-state index is 13.2. The Hall–Kier alpha value is -1.95. The summed E-state index contributed by atoms with van der Waals surface area (Å²) < 4.78 is 28.2. The summed E-state index contributed by atoms with van der Waals surface area (Å²) in [5.74, 6) is -2.80. The predicted octanol–water partition coefficient (Wildman–Crippen LogP) is 2.66. The standard InChI is InChI=1S/C15H19F2N3O/c1-10-6-11(2)20(19-10)5-3-4-18-9-12-7-13(16)15(21)14(17)8-12/h6-8,18,21H,3-5,9H2,1-2H3. The molecule has 0 aliphatic heterocycles. The van der Waals surface area contributed by atoms with E-state index >= 15 is 0 Å². The summed E-state index contributed by atoms with van der Waals surface area (Å²) in [4.78, 5) is 0. The monoisotopic (exact) mass is 295 g/mol. The number of halogens is 2. The third kappa shape index (κ3) is 4.01. The molecule has 2 aromatic rings. The maximum absolute atomic E-state index is 13.2. The summed E-state index contributed by atoms with van der Waals surface area (Å²) in [5, 5.41) is 16.5. The van der Waals surface area contributed by atoms with E-state index in [2.05, 4.69) is 10.4 Å². The Labute approximate surface area is 122 Å². The zero-order chi connectivity index (χ0) is 15.4. The lowest BCUT2D eigenvalue weighted by atomic mass is 10.2. The Kier molecular flexibility index (Phi) is 4.90. The van der Waals surface area contributed by atoms with Gasteiger partial charge in [-0.1, -0.05) is 0 Å². The van der Waals surface area contributed by atoms with Gasteiger partial charge in [0.25, 0.3) is 0 Å². The Morgan fingerprint density at radius 1 is 1.19 bits per heavy atom. The molecule has 0 amide bonds. The fourth-order valence-electron chi connectivity index (χ4n) is 2.21. The molecule has 1 aromatic heterocycles. The quantitative estimate of drug-likeness (QED) is 0.806. The zero-order valence-corrected chi connectivity index (χ0v) is 12.2. The van der Waals surface area contributed by atoms with Gasteiger partial charge in [0.05, 0.1) is 5.69 Å². The van der Waals surface area contributed by atoms with E-state index in [1.165, 1.54) is 0 Å². The van der Waals surface area contributed by atoms with Gasteiger partial charge in [0.2, 0.25) is 0 Å². The zero-order valence-electron chi connectivity index (χ0n) is 12.2. The topological polar surface area (TPSA) is 50.1 Å². The minimum Gasteiger partial charge on any atom is -0.503 e. The molecule has 1 heterocycles. The van der Waals surface area contributed by atoms with Crippen molar-refractivity contribution in [2.24, 2.45) is 0 Å². The SMILES string of the molecule is Cc1cc(C)n(CCCNCc2cc(F)c(O)c(F)c2)n1. The summed E-state index contributed by atoms with van der Waals surface area (Å²) in [5.41, 5.74) is 2.58. The lowest BCUT2D eigenvalue weighted by Gasteiger charge is -2.07. The lowest BCUT2D eigenvalue weighted by molar-refractivity contribution is 0.395. The van der Waals surface area contributed by atoms with Crippen molar-refractivity contribution in [3.05, 3.63) is 46.8 Å². The summed E-state index contributed by atoms with van der Waals surface area (Å²) >= 11 is 0. The van der Waals surface area contributed by atoms with E-state index < -0.39 is 17.4 Å². The smallest absolute Gasteiger partial charge is 0.187 e. The first-order valence-corrected chi connectivity index (χ1v) is 6.86. The van der Waals surface area contributed by atoms with Crippen LogP contribution >= 0.6 is 0 Å². The minimum absolute atomic E-state index is 0.352. The molecule has 114 valence electrons. The van der Waals surface area contributed by atoms with E-state index in [-0.39, 0.29) is 0 Å². The molecule has 1 aromatic carbocycles. The largest absolute Gasteiger partial charge is 0.503 e. The van der Waals surface area contributed by atoms with E-state index in [1.807, 2.05) is 24.6 Å². The molecule has 6 heteroatoms. The number of nitrogens with one attached hydrogen (secondary N) is 1. The number of phenolic OH excluding ortho intramolecular Hbond substituents is 1. The van der Waals surface area contributed by atoms with Crippen LogP contribution < -0.4 is 5.32 Å². The average Bonchev–Trinajstić information content (AvgIpc) is 2.74. The van der Waals surface area contributed by atoms with Gasteiger partial charge in [-0.25, -0.2) is 8.78 Å². The number of rotatable bonds is 6. The molecule has 0 aliphatic rings. The van der Waals surface area contributed by atoms with Gasteiger partial charge in [-0.3, -0.25) is 4.68 Å². The Morgan fingerprint density at radius 2 is 1.86 bits per heavy atom. The van der Waals surface area contributed by atoms with Crippen molar-refractivity contribution in [1.29, 1.82) is 0 Å². The van der Waals surface area contributed by atoms with Crippen molar-refractivity contribution in [3.63, 3.8) is 0 Å². The molecule has 0 saturated heterocycles. The Bertz CT molecular complexity index is 602. The van der Waals surface area contributed by atoms with Crippen LogP contribution in [0, 0.1) is 25.5 Å². The average molecular weight is 295 g/mol. The van der Waals surface area contributed by atoms with Crippen molar-refractivity contribution in [2.75, 3.05) is 6.54 Å². The highest BCUT2D eigenvalue weighted by molar-refractivity contribution is 5.29. The Balaban J connectivity index is 1.76. The molecule has 0 saturated carbocycles. The molecule has 0 unspecified atom stereocenters. The molecule has 0 atom stereocenters. The van der Waals surface area contributed by atoms with Crippen molar-refractivity contribution in [1.82, 2.24) is 15.1 Å². The third-order valence-electron chi connectivity index (χ3n) is 3.23. The highest BCUT2D eigenvalue weighted by Gasteiger charge is 2.09. The number of benzene rings is 1. The van der Waals surface area contributed by atoms with Crippen LogP contribution in [0.15, 0.2) is 18.2 Å². The van der Waals surface area contributed by atoms with Crippen LogP contribution in [0.1, 0.15) is 23.4 Å². The van der Waals surface area contributed by atoms with Gasteiger partial charge in [0.1, 0.15) is 0 Å².